The van der Waals surface area contributed by atoms with E-state index in [-0.39, 0.29) is 23.8 Å². The van der Waals surface area contributed by atoms with Crippen LogP contribution >= 0.6 is 0 Å². The van der Waals surface area contributed by atoms with Crippen LogP contribution in [0, 0.1) is 17.8 Å². The van der Waals surface area contributed by atoms with Crippen LogP contribution < -0.4 is 0 Å². The Morgan fingerprint density at radius 2 is 1.90 bits per heavy atom. The number of esters is 1. The number of amides is 1. The Morgan fingerprint density at radius 3 is 2.80 bits per heavy atom. The molecular formula is C16H15NO3. The predicted molar refractivity (Wildman–Crippen MR) is 69.6 cm³/mol. The second-order valence-corrected chi connectivity index (χ2v) is 6.44. The van der Waals surface area contributed by atoms with Crippen LogP contribution in [0.4, 0.5) is 0 Å². The lowest BCUT2D eigenvalue weighted by molar-refractivity contribution is -0.184. The fraction of sp³-hybridized carbons (Fsp3) is 0.500. The van der Waals surface area contributed by atoms with Gasteiger partial charge in [0, 0.05) is 11.1 Å². The molecule has 1 aromatic carbocycles. The van der Waals surface area contributed by atoms with Crippen LogP contribution in [-0.2, 0) is 9.53 Å². The van der Waals surface area contributed by atoms with E-state index in [2.05, 4.69) is 0 Å². The third kappa shape index (κ3) is 1.10. The maximum atomic E-state index is 12.7. The molecule has 0 unspecified atom stereocenters. The average Bonchev–Trinajstić information content (AvgIpc) is 3.13. The van der Waals surface area contributed by atoms with Crippen molar-refractivity contribution in [1.82, 2.24) is 4.90 Å². The summed E-state index contributed by atoms with van der Waals surface area (Å²) in [4.78, 5) is 26.9. The summed E-state index contributed by atoms with van der Waals surface area (Å²) in [5, 5.41) is 0. The molecule has 1 amide bonds. The molecule has 2 saturated carbocycles. The molecule has 1 saturated heterocycles. The van der Waals surface area contributed by atoms with E-state index in [4.69, 9.17) is 4.74 Å². The standard InChI is InChI=1S/C16H15NO3/c18-14-10-3-1-2-4-11(10)15-17(14)13-9-6-5-8(7-9)12(13)16(19)20-15/h1-4,8-9,12-13,15H,5-7H2/t8-,9+,12+,13-,15-/m1/s1. The van der Waals surface area contributed by atoms with Crippen molar-refractivity contribution in [3.05, 3.63) is 35.4 Å². The monoisotopic (exact) mass is 269 g/mol. The lowest BCUT2D eigenvalue weighted by atomic mass is 9.82. The molecule has 20 heavy (non-hydrogen) atoms. The minimum absolute atomic E-state index is 0.0423. The Morgan fingerprint density at radius 1 is 1.10 bits per heavy atom. The van der Waals surface area contributed by atoms with Crippen LogP contribution in [-0.4, -0.2) is 22.8 Å². The number of carbonyl (C=O) groups excluding carboxylic acids is 2. The maximum Gasteiger partial charge on any atom is 0.313 e. The van der Waals surface area contributed by atoms with E-state index >= 15 is 0 Å². The third-order valence-corrected chi connectivity index (χ3v) is 5.64. The number of nitrogens with zero attached hydrogens (tertiary/aromatic N) is 1. The molecule has 4 nitrogen and oxygen atoms in total. The summed E-state index contributed by atoms with van der Waals surface area (Å²) in [6.45, 7) is 0. The smallest absolute Gasteiger partial charge is 0.313 e. The molecule has 0 aromatic heterocycles. The average molecular weight is 269 g/mol. The van der Waals surface area contributed by atoms with Gasteiger partial charge in [-0.1, -0.05) is 18.2 Å². The van der Waals surface area contributed by atoms with Gasteiger partial charge in [-0.05, 0) is 37.2 Å². The van der Waals surface area contributed by atoms with E-state index in [0.29, 0.717) is 17.4 Å². The van der Waals surface area contributed by atoms with Gasteiger partial charge in [0.25, 0.3) is 5.91 Å². The number of hydrogen-bond acceptors (Lipinski definition) is 3. The van der Waals surface area contributed by atoms with Gasteiger partial charge in [-0.25, -0.2) is 0 Å². The third-order valence-electron chi connectivity index (χ3n) is 5.64. The quantitative estimate of drug-likeness (QED) is 0.678. The van der Waals surface area contributed by atoms with Gasteiger partial charge in [0.1, 0.15) is 0 Å². The molecule has 2 aliphatic heterocycles. The van der Waals surface area contributed by atoms with E-state index in [0.717, 1.165) is 24.8 Å². The zero-order chi connectivity index (χ0) is 13.4. The number of fused-ring (bicyclic) bond motifs is 9. The lowest BCUT2D eigenvalue weighted by Gasteiger charge is -2.43. The van der Waals surface area contributed by atoms with Crippen molar-refractivity contribution >= 4 is 11.9 Å². The normalized spacial score (nSPS) is 40.4. The largest absolute Gasteiger partial charge is 0.437 e. The van der Waals surface area contributed by atoms with Crippen LogP contribution in [0.5, 0.6) is 0 Å². The molecule has 2 aliphatic carbocycles. The number of rotatable bonds is 0. The zero-order valence-corrected chi connectivity index (χ0v) is 11.0. The Bertz CT molecular complexity index is 640. The summed E-state index contributed by atoms with van der Waals surface area (Å²) in [6.07, 6.45) is 2.86. The van der Waals surface area contributed by atoms with Crippen molar-refractivity contribution in [3.63, 3.8) is 0 Å². The first-order chi connectivity index (χ1) is 9.75. The first kappa shape index (κ1) is 10.9. The molecule has 4 aliphatic rings. The topological polar surface area (TPSA) is 46.6 Å². The number of benzene rings is 1. The molecule has 0 radical (unpaired) electrons. The second kappa shape index (κ2) is 3.43. The van der Waals surface area contributed by atoms with Gasteiger partial charge in [-0.2, -0.15) is 0 Å². The van der Waals surface area contributed by atoms with Crippen molar-refractivity contribution < 1.29 is 14.3 Å². The van der Waals surface area contributed by atoms with E-state index in [9.17, 15) is 9.59 Å². The van der Waals surface area contributed by atoms with E-state index in [1.807, 2.05) is 29.2 Å². The molecule has 2 bridgehead atoms. The Kier molecular flexibility index (Phi) is 1.87. The molecule has 3 fully saturated rings. The van der Waals surface area contributed by atoms with Crippen LogP contribution in [0.3, 0.4) is 0 Å². The molecule has 2 heterocycles. The van der Waals surface area contributed by atoms with Gasteiger partial charge >= 0.3 is 5.97 Å². The molecular weight excluding hydrogens is 254 g/mol. The zero-order valence-electron chi connectivity index (χ0n) is 11.0. The number of ether oxygens (including phenoxy) is 1. The van der Waals surface area contributed by atoms with Gasteiger partial charge in [0.2, 0.25) is 6.23 Å². The first-order valence-corrected chi connectivity index (χ1v) is 7.38. The van der Waals surface area contributed by atoms with E-state index in [1.54, 1.807) is 0 Å². The highest BCUT2D eigenvalue weighted by Gasteiger charge is 2.61. The Balaban J connectivity index is 1.65. The molecule has 5 rings (SSSR count). The highest BCUT2D eigenvalue weighted by molar-refractivity contribution is 6.00. The van der Waals surface area contributed by atoms with Crippen LogP contribution in [0.25, 0.3) is 0 Å². The van der Waals surface area contributed by atoms with Crippen LogP contribution in [0.1, 0.15) is 41.4 Å². The summed E-state index contributed by atoms with van der Waals surface area (Å²) in [6, 6.07) is 7.58. The summed E-state index contributed by atoms with van der Waals surface area (Å²) in [7, 11) is 0. The number of hydrogen-bond donors (Lipinski definition) is 0. The van der Waals surface area contributed by atoms with Gasteiger partial charge in [0.05, 0.1) is 12.0 Å². The van der Waals surface area contributed by atoms with Crippen LogP contribution in [0.2, 0.25) is 0 Å². The van der Waals surface area contributed by atoms with E-state index in [1.165, 1.54) is 0 Å². The predicted octanol–water partition coefficient (Wildman–Crippen LogP) is 2.11. The molecule has 0 spiro atoms. The minimum Gasteiger partial charge on any atom is -0.437 e. The van der Waals surface area contributed by atoms with Crippen LogP contribution in [0.15, 0.2) is 24.3 Å². The van der Waals surface area contributed by atoms with Gasteiger partial charge in [-0.15, -0.1) is 0 Å². The fourth-order valence-corrected chi connectivity index (χ4v) is 4.90. The van der Waals surface area contributed by atoms with Gasteiger partial charge in [0.15, 0.2) is 0 Å². The van der Waals surface area contributed by atoms with Crippen molar-refractivity contribution in [3.8, 4) is 0 Å². The Labute approximate surface area is 116 Å². The first-order valence-electron chi connectivity index (χ1n) is 7.38. The molecule has 4 heteroatoms. The second-order valence-electron chi connectivity index (χ2n) is 6.44. The number of carbonyl (C=O) groups is 2. The molecule has 0 N–H and O–H groups in total. The molecule has 102 valence electrons. The summed E-state index contributed by atoms with van der Waals surface area (Å²) >= 11 is 0. The minimum atomic E-state index is -0.480. The van der Waals surface area contributed by atoms with Gasteiger partial charge < -0.3 is 4.74 Å². The summed E-state index contributed by atoms with van der Waals surface area (Å²) in [5.41, 5.74) is 1.56. The lowest BCUT2D eigenvalue weighted by Crippen LogP contribution is -2.54. The van der Waals surface area contributed by atoms with Crippen molar-refractivity contribution in [2.45, 2.75) is 31.5 Å². The summed E-state index contributed by atoms with van der Waals surface area (Å²) in [5.74, 6) is 0.783. The Hall–Kier alpha value is -1.84. The van der Waals surface area contributed by atoms with Crippen molar-refractivity contribution in [2.75, 3.05) is 0 Å². The van der Waals surface area contributed by atoms with E-state index < -0.39 is 6.23 Å². The fourth-order valence-electron chi connectivity index (χ4n) is 4.90. The maximum absolute atomic E-state index is 12.7. The van der Waals surface area contributed by atoms with Crippen molar-refractivity contribution in [1.29, 1.82) is 0 Å². The molecule has 5 atom stereocenters. The highest BCUT2D eigenvalue weighted by Crippen LogP contribution is 2.56. The molecule has 1 aromatic rings. The van der Waals surface area contributed by atoms with Crippen molar-refractivity contribution in [2.24, 2.45) is 17.8 Å². The SMILES string of the molecule is O=C1O[C@@H]2c3ccccc3C(=O)N2[C@@H]2[C@H]3CC[C@H](C3)[C@H]12. The van der Waals surface area contributed by atoms with Gasteiger partial charge in [-0.3, -0.25) is 14.5 Å². The highest BCUT2D eigenvalue weighted by atomic mass is 16.6. The summed E-state index contributed by atoms with van der Waals surface area (Å²) < 4.78 is 5.64.